The van der Waals surface area contributed by atoms with Crippen LogP contribution in [0.25, 0.3) is 16.6 Å². The van der Waals surface area contributed by atoms with Gasteiger partial charge in [-0.15, -0.1) is 0 Å². The first-order valence-corrected chi connectivity index (χ1v) is 9.69. The number of fused-ring (bicyclic) bond motifs is 1. The van der Waals surface area contributed by atoms with Crippen LogP contribution in [0.15, 0.2) is 59.7 Å². The first-order valence-electron chi connectivity index (χ1n) is 9.69. The Morgan fingerprint density at radius 2 is 1.84 bits per heavy atom. The van der Waals surface area contributed by atoms with Gasteiger partial charge in [-0.2, -0.15) is 0 Å². The fraction of sp³-hybridized carbons (Fsp3) is 0.174. The molecule has 0 aliphatic rings. The van der Waals surface area contributed by atoms with E-state index in [1.54, 1.807) is 0 Å². The van der Waals surface area contributed by atoms with Gasteiger partial charge in [0.1, 0.15) is 0 Å². The third kappa shape index (κ3) is 3.52. The molecule has 0 spiro atoms. The zero-order valence-electron chi connectivity index (χ0n) is 17.3. The van der Waals surface area contributed by atoms with Gasteiger partial charge in [-0.05, 0) is 44.5 Å². The van der Waals surface area contributed by atoms with E-state index in [4.69, 9.17) is 0 Å². The van der Waals surface area contributed by atoms with Crippen LogP contribution in [-0.2, 0) is 6.54 Å². The van der Waals surface area contributed by atoms with Crippen molar-refractivity contribution in [3.05, 3.63) is 97.8 Å². The third-order valence-electron chi connectivity index (χ3n) is 5.42. The molecule has 0 saturated carbocycles. The largest absolute Gasteiger partial charge is 0.317 e. The second-order valence-corrected chi connectivity index (χ2v) is 7.47. The fourth-order valence-corrected chi connectivity index (χ4v) is 3.84. The third-order valence-corrected chi connectivity index (χ3v) is 5.42. The number of nitro groups is 1. The van der Waals surface area contributed by atoms with Crippen LogP contribution < -0.4 is 5.56 Å². The van der Waals surface area contributed by atoms with Crippen molar-refractivity contribution in [3.8, 4) is 5.69 Å². The lowest BCUT2D eigenvalue weighted by atomic mass is 10.1. The number of carbonyl (C=O) groups is 1. The molecule has 4 rings (SSSR count). The molecule has 31 heavy (non-hydrogen) atoms. The number of para-hydroxylation sites is 1. The Morgan fingerprint density at radius 1 is 1.10 bits per heavy atom. The highest BCUT2D eigenvalue weighted by Crippen LogP contribution is 2.24. The Morgan fingerprint density at radius 3 is 2.55 bits per heavy atom. The molecular formula is C23H20N4O4. The minimum atomic E-state index is -0.541. The molecule has 8 nitrogen and oxygen atoms in total. The number of aryl methyl sites for hydroxylation is 2. The van der Waals surface area contributed by atoms with Gasteiger partial charge >= 0.3 is 0 Å². The molecule has 0 radical (unpaired) electrons. The molecule has 0 N–H and O–H groups in total. The van der Waals surface area contributed by atoms with Crippen molar-refractivity contribution in [1.29, 1.82) is 0 Å². The van der Waals surface area contributed by atoms with Gasteiger partial charge in [-0.3, -0.25) is 24.3 Å². The summed E-state index contributed by atoms with van der Waals surface area (Å²) in [6, 6.07) is 13.6. The van der Waals surface area contributed by atoms with Gasteiger partial charge in [0, 0.05) is 34.8 Å². The molecule has 2 heterocycles. The molecule has 0 aliphatic heterocycles. The molecule has 0 aliphatic carbocycles. The van der Waals surface area contributed by atoms with E-state index in [9.17, 15) is 19.7 Å². The Balaban J connectivity index is 1.70. The highest BCUT2D eigenvalue weighted by molar-refractivity contribution is 5.97. The predicted octanol–water partition coefficient (Wildman–Crippen LogP) is 3.90. The van der Waals surface area contributed by atoms with Crippen LogP contribution in [0.4, 0.5) is 5.69 Å². The lowest BCUT2D eigenvalue weighted by Crippen LogP contribution is -2.25. The fourth-order valence-electron chi connectivity index (χ4n) is 3.84. The molecular weight excluding hydrogens is 396 g/mol. The number of hydrogen-bond acceptors (Lipinski definition) is 5. The molecule has 0 amide bonds. The Kier molecular flexibility index (Phi) is 4.98. The van der Waals surface area contributed by atoms with E-state index in [1.807, 2.05) is 55.7 Å². The van der Waals surface area contributed by atoms with E-state index in [0.29, 0.717) is 5.56 Å². The molecule has 0 atom stereocenters. The summed E-state index contributed by atoms with van der Waals surface area (Å²) in [6.07, 6.45) is 1.26. The Labute approximate surface area is 177 Å². The van der Waals surface area contributed by atoms with Crippen molar-refractivity contribution in [2.24, 2.45) is 0 Å². The zero-order valence-corrected chi connectivity index (χ0v) is 17.3. The number of carbonyl (C=O) groups excluding carboxylic acids is 1. The number of aromatic nitrogens is 3. The Hall–Kier alpha value is -4.07. The number of benzene rings is 2. The summed E-state index contributed by atoms with van der Waals surface area (Å²) in [7, 11) is 0. The van der Waals surface area contributed by atoms with Crippen LogP contribution >= 0.6 is 0 Å². The first-order chi connectivity index (χ1) is 14.8. The van der Waals surface area contributed by atoms with Crippen LogP contribution in [0, 0.1) is 30.9 Å². The number of nitrogens with zero attached hydrogens (tertiary/aromatic N) is 4. The summed E-state index contributed by atoms with van der Waals surface area (Å²) in [6.45, 7) is 5.66. The van der Waals surface area contributed by atoms with Crippen LogP contribution in [0.2, 0.25) is 0 Å². The standard InChI is InChI=1S/C23H20N4O4/c1-14-6-4-5-7-21(14)26-15(2)10-19(16(26)3)22(28)12-25-13-24-20-11-17(27(30)31)8-9-18(20)23(25)29/h4-11,13H,12H2,1-3H3. The quantitative estimate of drug-likeness (QED) is 0.279. The second kappa shape index (κ2) is 7.64. The van der Waals surface area contributed by atoms with Crippen LogP contribution in [0.1, 0.15) is 27.3 Å². The lowest BCUT2D eigenvalue weighted by Gasteiger charge is -2.12. The van der Waals surface area contributed by atoms with Crippen molar-refractivity contribution in [2.45, 2.75) is 27.3 Å². The van der Waals surface area contributed by atoms with E-state index >= 15 is 0 Å². The highest BCUT2D eigenvalue weighted by atomic mass is 16.6. The van der Waals surface area contributed by atoms with Crippen LogP contribution in [0.3, 0.4) is 0 Å². The molecule has 2 aromatic heterocycles. The number of non-ortho nitro benzene ring substituents is 1. The number of Topliss-reactive ketones (excluding diaryl/α,β-unsaturated/α-hetero) is 1. The molecule has 0 fully saturated rings. The SMILES string of the molecule is Cc1ccccc1-n1c(C)cc(C(=O)Cn2cnc3cc([N+](=O)[O-])ccc3c2=O)c1C. The summed E-state index contributed by atoms with van der Waals surface area (Å²) in [5.41, 5.74) is 4.02. The zero-order chi connectivity index (χ0) is 22.3. The normalized spacial score (nSPS) is 11.1. The minimum absolute atomic E-state index is 0.142. The molecule has 8 heteroatoms. The van der Waals surface area contributed by atoms with Gasteiger partial charge in [-0.25, -0.2) is 4.98 Å². The monoisotopic (exact) mass is 416 g/mol. The number of ketones is 1. The molecule has 2 aromatic carbocycles. The van der Waals surface area contributed by atoms with E-state index < -0.39 is 10.5 Å². The number of nitro benzene ring substituents is 1. The predicted molar refractivity (Wildman–Crippen MR) is 117 cm³/mol. The van der Waals surface area contributed by atoms with Gasteiger partial charge in [0.15, 0.2) is 5.78 Å². The van der Waals surface area contributed by atoms with E-state index in [-0.39, 0.29) is 28.9 Å². The number of hydrogen-bond donors (Lipinski definition) is 0. The van der Waals surface area contributed by atoms with E-state index in [0.717, 1.165) is 22.6 Å². The summed E-state index contributed by atoms with van der Waals surface area (Å²) in [5.74, 6) is -0.210. The molecule has 0 unspecified atom stereocenters. The molecule has 156 valence electrons. The summed E-state index contributed by atoms with van der Waals surface area (Å²) >= 11 is 0. The van der Waals surface area contributed by atoms with Crippen molar-refractivity contribution in [3.63, 3.8) is 0 Å². The molecule has 4 aromatic rings. The first kappa shape index (κ1) is 20.2. The Bertz CT molecular complexity index is 1420. The van der Waals surface area contributed by atoms with Gasteiger partial charge in [0.05, 0.1) is 28.7 Å². The van der Waals surface area contributed by atoms with Gasteiger partial charge in [0.25, 0.3) is 11.2 Å². The minimum Gasteiger partial charge on any atom is -0.317 e. The average molecular weight is 416 g/mol. The maximum atomic E-state index is 13.1. The van der Waals surface area contributed by atoms with Crippen molar-refractivity contribution < 1.29 is 9.72 Å². The maximum Gasteiger partial charge on any atom is 0.271 e. The lowest BCUT2D eigenvalue weighted by molar-refractivity contribution is -0.384. The maximum absolute atomic E-state index is 13.1. The molecule has 0 saturated heterocycles. The van der Waals surface area contributed by atoms with Gasteiger partial charge < -0.3 is 4.57 Å². The highest BCUT2D eigenvalue weighted by Gasteiger charge is 2.19. The topological polar surface area (TPSA) is 100 Å². The molecule has 0 bridgehead atoms. The second-order valence-electron chi connectivity index (χ2n) is 7.47. The smallest absolute Gasteiger partial charge is 0.271 e. The van der Waals surface area contributed by atoms with Gasteiger partial charge in [0.2, 0.25) is 0 Å². The van der Waals surface area contributed by atoms with Crippen LogP contribution in [-0.4, -0.2) is 24.8 Å². The van der Waals surface area contributed by atoms with Crippen molar-refractivity contribution in [2.75, 3.05) is 0 Å². The summed E-state index contributed by atoms with van der Waals surface area (Å²) in [5, 5.41) is 11.2. The number of rotatable bonds is 5. The van der Waals surface area contributed by atoms with Crippen molar-refractivity contribution >= 4 is 22.4 Å². The van der Waals surface area contributed by atoms with Crippen molar-refractivity contribution in [1.82, 2.24) is 14.1 Å². The summed E-state index contributed by atoms with van der Waals surface area (Å²) in [4.78, 5) is 40.4. The summed E-state index contributed by atoms with van der Waals surface area (Å²) < 4.78 is 3.26. The van der Waals surface area contributed by atoms with Gasteiger partial charge in [-0.1, -0.05) is 18.2 Å². The average Bonchev–Trinajstić information content (AvgIpc) is 3.04. The van der Waals surface area contributed by atoms with E-state index in [1.165, 1.54) is 29.1 Å². The van der Waals surface area contributed by atoms with E-state index in [2.05, 4.69) is 4.98 Å². The van der Waals surface area contributed by atoms with Crippen LogP contribution in [0.5, 0.6) is 0 Å².